The van der Waals surface area contributed by atoms with Crippen LogP contribution < -0.4 is 5.32 Å². The molecule has 1 N–H and O–H groups in total. The van der Waals surface area contributed by atoms with Gasteiger partial charge in [-0.05, 0) is 32.1 Å². The predicted octanol–water partition coefficient (Wildman–Crippen LogP) is 2.59. The highest BCUT2D eigenvalue weighted by molar-refractivity contribution is 5.83. The maximum atomic E-state index is 4.41. The Hall–Kier alpha value is -0.530. The number of aliphatic imine (C=N–C) groups is 1. The van der Waals surface area contributed by atoms with E-state index in [2.05, 4.69) is 31.1 Å². The van der Waals surface area contributed by atoms with Crippen LogP contribution in [0.4, 0.5) is 0 Å². The van der Waals surface area contributed by atoms with Crippen molar-refractivity contribution in [2.24, 2.45) is 10.9 Å². The molecule has 1 rings (SSSR count). The van der Waals surface area contributed by atoms with Gasteiger partial charge in [0, 0.05) is 19.0 Å². The fraction of sp³-hybridized carbons (Fsp3) is 0.909. The van der Waals surface area contributed by atoms with Crippen LogP contribution >= 0.6 is 0 Å². The molecule has 0 bridgehead atoms. The van der Waals surface area contributed by atoms with Crippen LogP contribution in [0.5, 0.6) is 0 Å². The van der Waals surface area contributed by atoms with Gasteiger partial charge in [0.15, 0.2) is 0 Å². The van der Waals surface area contributed by atoms with Crippen molar-refractivity contribution < 1.29 is 0 Å². The molecule has 0 saturated carbocycles. The van der Waals surface area contributed by atoms with E-state index >= 15 is 0 Å². The molecule has 1 heterocycles. The number of hydrogen-bond donors (Lipinski definition) is 1. The lowest BCUT2D eigenvalue weighted by atomic mass is 10.0. The van der Waals surface area contributed by atoms with E-state index in [1.54, 1.807) is 0 Å². The Morgan fingerprint density at radius 1 is 1.31 bits per heavy atom. The summed E-state index contributed by atoms with van der Waals surface area (Å²) < 4.78 is 0. The molecule has 1 aliphatic heterocycles. The van der Waals surface area contributed by atoms with Gasteiger partial charge in [-0.1, -0.05) is 13.8 Å². The third kappa shape index (κ3) is 4.30. The number of amidine groups is 1. The molecule has 2 nitrogen and oxygen atoms in total. The Labute approximate surface area is 81.8 Å². The van der Waals surface area contributed by atoms with Gasteiger partial charge < -0.3 is 5.32 Å². The normalized spacial score (nSPS) is 18.9. The molecule has 0 radical (unpaired) electrons. The molecular weight excluding hydrogens is 160 g/mol. The molecule has 0 amide bonds. The van der Waals surface area contributed by atoms with Crippen molar-refractivity contribution in [3.63, 3.8) is 0 Å². The van der Waals surface area contributed by atoms with E-state index in [4.69, 9.17) is 0 Å². The molecule has 1 aliphatic rings. The van der Waals surface area contributed by atoms with Crippen LogP contribution in [-0.2, 0) is 0 Å². The van der Waals surface area contributed by atoms with Crippen molar-refractivity contribution in [2.75, 3.05) is 6.54 Å². The van der Waals surface area contributed by atoms with E-state index in [-0.39, 0.29) is 0 Å². The largest absolute Gasteiger partial charge is 0.371 e. The monoisotopic (exact) mass is 182 g/mol. The molecule has 0 saturated heterocycles. The Morgan fingerprint density at radius 3 is 2.62 bits per heavy atom. The zero-order chi connectivity index (χ0) is 9.68. The van der Waals surface area contributed by atoms with Gasteiger partial charge in [0.1, 0.15) is 0 Å². The second-order valence-corrected chi connectivity index (χ2v) is 4.45. The van der Waals surface area contributed by atoms with Gasteiger partial charge in [0.05, 0.1) is 5.84 Å². The zero-order valence-corrected chi connectivity index (χ0v) is 9.14. The van der Waals surface area contributed by atoms with Crippen molar-refractivity contribution in [1.82, 2.24) is 5.32 Å². The van der Waals surface area contributed by atoms with Gasteiger partial charge in [-0.15, -0.1) is 0 Å². The van der Waals surface area contributed by atoms with Crippen LogP contribution in [0.25, 0.3) is 0 Å². The summed E-state index contributed by atoms with van der Waals surface area (Å²) in [5.41, 5.74) is 0. The number of rotatable bonds is 4. The summed E-state index contributed by atoms with van der Waals surface area (Å²) in [6, 6.07) is 0.597. The van der Waals surface area contributed by atoms with Crippen molar-refractivity contribution >= 4 is 5.84 Å². The van der Waals surface area contributed by atoms with Crippen LogP contribution in [-0.4, -0.2) is 18.4 Å². The number of hydrogen-bond acceptors (Lipinski definition) is 2. The summed E-state index contributed by atoms with van der Waals surface area (Å²) in [6.07, 6.45) is 4.96. The molecule has 76 valence electrons. The lowest BCUT2D eigenvalue weighted by Gasteiger charge is -2.15. The van der Waals surface area contributed by atoms with Crippen molar-refractivity contribution in [3.05, 3.63) is 0 Å². The third-order valence-corrected chi connectivity index (χ3v) is 2.46. The van der Waals surface area contributed by atoms with Crippen molar-refractivity contribution in [1.29, 1.82) is 0 Å². The summed E-state index contributed by atoms with van der Waals surface area (Å²) in [5.74, 6) is 2.05. The average Bonchev–Trinajstić information content (AvgIpc) is 2.53. The van der Waals surface area contributed by atoms with Gasteiger partial charge in [-0.2, -0.15) is 0 Å². The maximum Gasteiger partial charge on any atom is 0.0965 e. The SMILES string of the molecule is CC(C)CCC(C)NC1=NCCC1. The highest BCUT2D eigenvalue weighted by atomic mass is 15.0. The first-order valence-corrected chi connectivity index (χ1v) is 5.48. The molecule has 1 atom stereocenters. The van der Waals surface area contributed by atoms with Gasteiger partial charge in [0.2, 0.25) is 0 Å². The van der Waals surface area contributed by atoms with E-state index in [1.165, 1.54) is 25.1 Å². The Balaban J connectivity index is 2.13. The van der Waals surface area contributed by atoms with Crippen molar-refractivity contribution in [3.8, 4) is 0 Å². The van der Waals surface area contributed by atoms with Crippen LogP contribution in [0.2, 0.25) is 0 Å². The minimum atomic E-state index is 0.597. The Bertz CT molecular complexity index is 173. The minimum absolute atomic E-state index is 0.597. The molecule has 1 unspecified atom stereocenters. The highest BCUT2D eigenvalue weighted by Crippen LogP contribution is 2.08. The summed E-state index contributed by atoms with van der Waals surface area (Å²) in [4.78, 5) is 4.41. The lowest BCUT2D eigenvalue weighted by molar-refractivity contribution is 0.491. The lowest BCUT2D eigenvalue weighted by Crippen LogP contribution is -2.31. The van der Waals surface area contributed by atoms with E-state index in [0.29, 0.717) is 6.04 Å². The first-order valence-electron chi connectivity index (χ1n) is 5.48. The van der Waals surface area contributed by atoms with Gasteiger partial charge in [-0.25, -0.2) is 0 Å². The van der Waals surface area contributed by atoms with E-state index < -0.39 is 0 Å². The average molecular weight is 182 g/mol. The smallest absolute Gasteiger partial charge is 0.0965 e. The molecule has 0 spiro atoms. The van der Waals surface area contributed by atoms with Crippen molar-refractivity contribution in [2.45, 2.75) is 52.5 Å². The summed E-state index contributed by atoms with van der Waals surface area (Å²) >= 11 is 0. The van der Waals surface area contributed by atoms with Gasteiger partial charge in [0.25, 0.3) is 0 Å². The van der Waals surface area contributed by atoms with Gasteiger partial charge in [-0.3, -0.25) is 4.99 Å². The molecule has 0 aromatic rings. The van der Waals surface area contributed by atoms with Crippen LogP contribution in [0, 0.1) is 5.92 Å². The molecular formula is C11H22N2. The molecule has 0 fully saturated rings. The summed E-state index contributed by atoms with van der Waals surface area (Å²) in [5, 5.41) is 3.48. The molecule has 0 aliphatic carbocycles. The molecule has 2 heteroatoms. The van der Waals surface area contributed by atoms with Crippen LogP contribution in [0.15, 0.2) is 4.99 Å². The number of nitrogens with one attached hydrogen (secondary N) is 1. The Morgan fingerprint density at radius 2 is 2.08 bits per heavy atom. The summed E-state index contributed by atoms with van der Waals surface area (Å²) in [7, 11) is 0. The van der Waals surface area contributed by atoms with Crippen LogP contribution in [0.1, 0.15) is 46.5 Å². The fourth-order valence-corrected chi connectivity index (χ4v) is 1.60. The highest BCUT2D eigenvalue weighted by Gasteiger charge is 2.09. The van der Waals surface area contributed by atoms with E-state index in [0.717, 1.165) is 18.9 Å². The predicted molar refractivity (Wildman–Crippen MR) is 58.2 cm³/mol. The van der Waals surface area contributed by atoms with Gasteiger partial charge >= 0.3 is 0 Å². The number of nitrogens with zero attached hydrogens (tertiary/aromatic N) is 1. The minimum Gasteiger partial charge on any atom is -0.371 e. The quantitative estimate of drug-likeness (QED) is 0.710. The standard InChI is InChI=1S/C11H22N2/c1-9(2)6-7-10(3)13-11-5-4-8-12-11/h9-10H,4-8H2,1-3H3,(H,12,13). The second kappa shape index (κ2) is 5.25. The topological polar surface area (TPSA) is 24.4 Å². The zero-order valence-electron chi connectivity index (χ0n) is 9.14. The Kier molecular flexibility index (Phi) is 4.26. The second-order valence-electron chi connectivity index (χ2n) is 4.45. The first-order chi connectivity index (χ1) is 6.18. The van der Waals surface area contributed by atoms with E-state index in [1.807, 2.05) is 0 Å². The maximum absolute atomic E-state index is 4.41. The third-order valence-electron chi connectivity index (χ3n) is 2.46. The van der Waals surface area contributed by atoms with Crippen LogP contribution in [0.3, 0.4) is 0 Å². The summed E-state index contributed by atoms with van der Waals surface area (Å²) in [6.45, 7) is 7.84. The molecule has 13 heavy (non-hydrogen) atoms. The first kappa shape index (κ1) is 10.6. The van der Waals surface area contributed by atoms with E-state index in [9.17, 15) is 0 Å². The molecule has 0 aromatic heterocycles. The molecule has 0 aromatic carbocycles. The fourth-order valence-electron chi connectivity index (χ4n) is 1.60.